The summed E-state index contributed by atoms with van der Waals surface area (Å²) >= 11 is 1.36. The molecular formula is C20H22N4O3S. The number of nitrogens with one attached hydrogen (secondary N) is 1. The van der Waals surface area contributed by atoms with Crippen molar-refractivity contribution in [2.24, 2.45) is 0 Å². The predicted molar refractivity (Wildman–Crippen MR) is 107 cm³/mol. The molecule has 2 aromatic heterocycles. The molecule has 1 aliphatic rings. The average Bonchev–Trinajstić information content (AvgIpc) is 3.44. The van der Waals surface area contributed by atoms with Gasteiger partial charge in [-0.1, -0.05) is 29.5 Å². The summed E-state index contributed by atoms with van der Waals surface area (Å²) in [6.07, 6.45) is 3.81. The molecular weight excluding hydrogens is 376 g/mol. The van der Waals surface area contributed by atoms with Crippen LogP contribution in [-0.2, 0) is 16.1 Å². The van der Waals surface area contributed by atoms with E-state index in [1.54, 1.807) is 6.26 Å². The Balaban J connectivity index is 1.45. The van der Waals surface area contributed by atoms with Gasteiger partial charge < -0.3 is 14.5 Å². The molecule has 0 bridgehead atoms. The fourth-order valence-electron chi connectivity index (χ4n) is 3.10. The molecule has 1 saturated heterocycles. The van der Waals surface area contributed by atoms with E-state index in [2.05, 4.69) is 15.5 Å². The molecule has 1 N–H and O–H groups in total. The lowest BCUT2D eigenvalue weighted by Crippen LogP contribution is -2.18. The smallest absolute Gasteiger partial charge is 0.234 e. The molecule has 3 aromatic rings. The Bertz CT molecular complexity index is 916. The number of nitrogens with zero attached hydrogens (tertiary/aromatic N) is 3. The Kier molecular flexibility index (Phi) is 5.78. The van der Waals surface area contributed by atoms with Crippen molar-refractivity contribution in [1.82, 2.24) is 14.8 Å². The lowest BCUT2D eigenvalue weighted by atomic mass is 10.2. The Morgan fingerprint density at radius 1 is 1.29 bits per heavy atom. The number of aryl methyl sites for hydroxylation is 1. The Morgan fingerprint density at radius 2 is 2.14 bits per heavy atom. The average molecular weight is 398 g/mol. The van der Waals surface area contributed by atoms with Gasteiger partial charge in [-0.2, -0.15) is 0 Å². The van der Waals surface area contributed by atoms with Gasteiger partial charge in [0.2, 0.25) is 11.7 Å². The third-order valence-electron chi connectivity index (χ3n) is 4.54. The van der Waals surface area contributed by atoms with Gasteiger partial charge in [-0.25, -0.2) is 0 Å². The highest BCUT2D eigenvalue weighted by atomic mass is 32.2. The standard InChI is InChI=1S/C20H22N4O3S/c1-14-6-8-15(9-7-14)21-18(25)13-28-20-23-22-19(17-5-3-11-27-17)24(20)12-16-4-2-10-26-16/h3,5-9,11,16H,2,4,10,12-13H2,1H3,(H,21,25)/t16-/m0/s1. The molecule has 0 radical (unpaired) electrons. The summed E-state index contributed by atoms with van der Waals surface area (Å²) in [5, 5.41) is 12.2. The summed E-state index contributed by atoms with van der Waals surface area (Å²) in [5.41, 5.74) is 1.94. The quantitative estimate of drug-likeness (QED) is 0.610. The minimum absolute atomic E-state index is 0.0833. The molecule has 7 nitrogen and oxygen atoms in total. The fraction of sp³-hybridized carbons (Fsp3) is 0.350. The van der Waals surface area contributed by atoms with Crippen molar-refractivity contribution in [2.45, 2.75) is 37.6 Å². The van der Waals surface area contributed by atoms with E-state index in [0.717, 1.165) is 30.7 Å². The number of anilines is 1. The molecule has 28 heavy (non-hydrogen) atoms. The van der Waals surface area contributed by atoms with Gasteiger partial charge in [-0.15, -0.1) is 10.2 Å². The third kappa shape index (κ3) is 4.45. The number of rotatable bonds is 7. The van der Waals surface area contributed by atoms with E-state index in [4.69, 9.17) is 9.15 Å². The number of carbonyl (C=O) groups excluding carboxylic acids is 1. The van der Waals surface area contributed by atoms with E-state index in [1.807, 2.05) is 47.9 Å². The molecule has 0 spiro atoms. The van der Waals surface area contributed by atoms with Crippen LogP contribution in [0.4, 0.5) is 5.69 Å². The first-order valence-corrected chi connectivity index (χ1v) is 10.3. The van der Waals surface area contributed by atoms with Crippen LogP contribution in [0.25, 0.3) is 11.6 Å². The first-order chi connectivity index (χ1) is 13.7. The summed E-state index contributed by atoms with van der Waals surface area (Å²) in [5.74, 6) is 1.47. The van der Waals surface area contributed by atoms with E-state index in [-0.39, 0.29) is 17.8 Å². The summed E-state index contributed by atoms with van der Waals surface area (Å²) < 4.78 is 13.3. The maximum absolute atomic E-state index is 12.3. The molecule has 0 aliphatic carbocycles. The topological polar surface area (TPSA) is 82.2 Å². The fourth-order valence-corrected chi connectivity index (χ4v) is 3.85. The SMILES string of the molecule is Cc1ccc(NC(=O)CSc2nnc(-c3ccco3)n2C[C@@H]2CCCO2)cc1. The molecule has 1 amide bonds. The van der Waals surface area contributed by atoms with Crippen LogP contribution in [0.1, 0.15) is 18.4 Å². The van der Waals surface area contributed by atoms with Crippen LogP contribution >= 0.6 is 11.8 Å². The molecule has 146 valence electrons. The summed E-state index contributed by atoms with van der Waals surface area (Å²) in [4.78, 5) is 12.3. The van der Waals surface area contributed by atoms with Gasteiger partial charge in [0.1, 0.15) is 0 Å². The van der Waals surface area contributed by atoms with Crippen molar-refractivity contribution in [3.63, 3.8) is 0 Å². The van der Waals surface area contributed by atoms with Gasteiger partial charge in [0, 0.05) is 12.3 Å². The highest BCUT2D eigenvalue weighted by Gasteiger charge is 2.23. The third-order valence-corrected chi connectivity index (χ3v) is 5.50. The van der Waals surface area contributed by atoms with E-state index in [0.29, 0.717) is 23.3 Å². The first-order valence-electron chi connectivity index (χ1n) is 9.27. The van der Waals surface area contributed by atoms with Crippen molar-refractivity contribution >= 4 is 23.4 Å². The number of benzene rings is 1. The number of thioether (sulfide) groups is 1. The lowest BCUT2D eigenvalue weighted by Gasteiger charge is -2.14. The summed E-state index contributed by atoms with van der Waals surface area (Å²) in [6, 6.07) is 11.4. The van der Waals surface area contributed by atoms with Crippen molar-refractivity contribution < 1.29 is 13.9 Å². The Hall–Kier alpha value is -2.58. The van der Waals surface area contributed by atoms with Gasteiger partial charge in [-0.3, -0.25) is 9.36 Å². The summed E-state index contributed by atoms with van der Waals surface area (Å²) in [6.45, 7) is 3.44. The minimum atomic E-state index is -0.0833. The van der Waals surface area contributed by atoms with Crippen molar-refractivity contribution in [1.29, 1.82) is 0 Å². The van der Waals surface area contributed by atoms with E-state index >= 15 is 0 Å². The maximum Gasteiger partial charge on any atom is 0.234 e. The second-order valence-corrected chi connectivity index (χ2v) is 7.67. The maximum atomic E-state index is 12.3. The van der Waals surface area contributed by atoms with Crippen LogP contribution in [0.3, 0.4) is 0 Å². The number of hydrogen-bond acceptors (Lipinski definition) is 6. The molecule has 8 heteroatoms. The number of furan rings is 1. The van der Waals surface area contributed by atoms with Crippen LogP contribution in [0.2, 0.25) is 0 Å². The number of ether oxygens (including phenoxy) is 1. The normalized spacial score (nSPS) is 16.4. The Labute approximate surface area is 167 Å². The van der Waals surface area contributed by atoms with E-state index in [9.17, 15) is 4.79 Å². The van der Waals surface area contributed by atoms with Gasteiger partial charge in [0.15, 0.2) is 10.9 Å². The molecule has 0 unspecified atom stereocenters. The van der Waals surface area contributed by atoms with Gasteiger partial charge in [0.25, 0.3) is 0 Å². The molecule has 4 rings (SSSR count). The zero-order chi connectivity index (χ0) is 19.3. The second kappa shape index (κ2) is 8.62. The number of carbonyl (C=O) groups is 1. The minimum Gasteiger partial charge on any atom is -0.461 e. The van der Waals surface area contributed by atoms with E-state index < -0.39 is 0 Å². The van der Waals surface area contributed by atoms with Crippen molar-refractivity contribution in [3.8, 4) is 11.6 Å². The van der Waals surface area contributed by atoms with Crippen LogP contribution in [0.5, 0.6) is 0 Å². The number of hydrogen-bond donors (Lipinski definition) is 1. The lowest BCUT2D eigenvalue weighted by molar-refractivity contribution is -0.113. The van der Waals surface area contributed by atoms with Crippen LogP contribution < -0.4 is 5.32 Å². The molecule has 1 aliphatic heterocycles. The molecule has 1 atom stereocenters. The zero-order valence-corrected chi connectivity index (χ0v) is 16.4. The van der Waals surface area contributed by atoms with E-state index in [1.165, 1.54) is 11.8 Å². The van der Waals surface area contributed by atoms with Crippen LogP contribution in [-0.4, -0.2) is 39.1 Å². The molecule has 3 heterocycles. The van der Waals surface area contributed by atoms with Gasteiger partial charge in [0.05, 0.1) is 24.7 Å². The van der Waals surface area contributed by atoms with Crippen molar-refractivity contribution in [3.05, 3.63) is 48.2 Å². The van der Waals surface area contributed by atoms with Gasteiger partial charge in [-0.05, 0) is 44.0 Å². The van der Waals surface area contributed by atoms with Crippen molar-refractivity contribution in [2.75, 3.05) is 17.7 Å². The largest absolute Gasteiger partial charge is 0.461 e. The number of aromatic nitrogens is 3. The zero-order valence-electron chi connectivity index (χ0n) is 15.6. The second-order valence-electron chi connectivity index (χ2n) is 6.73. The molecule has 0 saturated carbocycles. The summed E-state index contributed by atoms with van der Waals surface area (Å²) in [7, 11) is 0. The van der Waals surface area contributed by atoms with Crippen LogP contribution in [0, 0.1) is 6.92 Å². The number of amides is 1. The molecule has 1 fully saturated rings. The van der Waals surface area contributed by atoms with Gasteiger partial charge >= 0.3 is 0 Å². The molecule has 1 aromatic carbocycles. The highest BCUT2D eigenvalue weighted by molar-refractivity contribution is 7.99. The highest BCUT2D eigenvalue weighted by Crippen LogP contribution is 2.27. The van der Waals surface area contributed by atoms with Crippen LogP contribution in [0.15, 0.2) is 52.2 Å². The first kappa shape index (κ1) is 18.8. The monoisotopic (exact) mass is 398 g/mol. The predicted octanol–water partition coefficient (Wildman–Crippen LogP) is 3.76. The Morgan fingerprint density at radius 3 is 2.86 bits per heavy atom.